The van der Waals surface area contributed by atoms with Crippen LogP contribution in [0.1, 0.15) is 6.92 Å². The third-order valence-electron chi connectivity index (χ3n) is 2.83. The van der Waals surface area contributed by atoms with Gasteiger partial charge in [-0.2, -0.15) is 0 Å². The van der Waals surface area contributed by atoms with Gasteiger partial charge >= 0.3 is 5.97 Å². The predicted molar refractivity (Wildman–Crippen MR) is 42.5 cm³/mol. The van der Waals surface area contributed by atoms with Crippen LogP contribution in [-0.2, 0) is 4.79 Å². The Morgan fingerprint density at radius 3 is 2.83 bits per heavy atom. The number of allylic oxidation sites excluding steroid dienone is 2. The summed E-state index contributed by atoms with van der Waals surface area (Å²) in [5, 5.41) is 18.2. The Hall–Kier alpha value is -1.09. The van der Waals surface area contributed by atoms with Crippen LogP contribution in [0.5, 0.6) is 0 Å². The van der Waals surface area contributed by atoms with E-state index in [4.69, 9.17) is 5.11 Å². The van der Waals surface area contributed by atoms with E-state index in [1.165, 1.54) is 0 Å². The number of aliphatic carboxylic acids is 1. The van der Waals surface area contributed by atoms with Gasteiger partial charge in [-0.3, -0.25) is 0 Å². The van der Waals surface area contributed by atoms with E-state index in [1.807, 2.05) is 13.0 Å². The van der Waals surface area contributed by atoms with Crippen molar-refractivity contribution in [1.82, 2.24) is 0 Å². The summed E-state index contributed by atoms with van der Waals surface area (Å²) in [6.07, 6.45) is 4.62. The van der Waals surface area contributed by atoms with E-state index < -0.39 is 12.1 Å². The molecule has 64 valence electrons. The van der Waals surface area contributed by atoms with Crippen molar-refractivity contribution in [2.75, 3.05) is 0 Å². The van der Waals surface area contributed by atoms with Crippen LogP contribution in [0.2, 0.25) is 0 Å². The van der Waals surface area contributed by atoms with Crippen LogP contribution in [0.15, 0.2) is 23.8 Å². The number of aliphatic hydroxyl groups excluding tert-OH is 1. The third-order valence-corrected chi connectivity index (χ3v) is 2.83. The van der Waals surface area contributed by atoms with E-state index in [0.717, 1.165) is 0 Å². The van der Waals surface area contributed by atoms with Gasteiger partial charge in [-0.05, 0) is 0 Å². The van der Waals surface area contributed by atoms with Crippen molar-refractivity contribution in [2.45, 2.75) is 13.0 Å². The van der Waals surface area contributed by atoms with Gasteiger partial charge in [0.1, 0.15) is 0 Å². The molecular formula is C9H10O3. The number of rotatable bonds is 1. The second-order valence-corrected chi connectivity index (χ2v) is 3.57. The maximum Gasteiger partial charge on any atom is 0.331 e. The summed E-state index contributed by atoms with van der Waals surface area (Å²) in [5.74, 6) is -1.12. The topological polar surface area (TPSA) is 57.5 Å². The number of carboxylic acid groups (broad SMARTS) is 1. The second-order valence-electron chi connectivity index (χ2n) is 3.57. The molecule has 2 N–H and O–H groups in total. The van der Waals surface area contributed by atoms with Crippen LogP contribution < -0.4 is 0 Å². The lowest BCUT2D eigenvalue weighted by atomic mass is 9.96. The fourth-order valence-electron chi connectivity index (χ4n) is 1.88. The quantitative estimate of drug-likeness (QED) is 0.598. The van der Waals surface area contributed by atoms with Gasteiger partial charge in [0.15, 0.2) is 0 Å². The number of hydrogen-bond donors (Lipinski definition) is 2. The van der Waals surface area contributed by atoms with Crippen molar-refractivity contribution in [2.24, 2.45) is 11.3 Å². The molecule has 2 rings (SSSR count). The molecule has 0 bridgehead atoms. The Labute approximate surface area is 70.0 Å². The molecule has 0 radical (unpaired) electrons. The van der Waals surface area contributed by atoms with E-state index in [0.29, 0.717) is 5.57 Å². The van der Waals surface area contributed by atoms with Gasteiger partial charge in [0.05, 0.1) is 6.10 Å². The maximum atomic E-state index is 10.7. The molecule has 3 unspecified atom stereocenters. The molecule has 1 saturated carbocycles. The molecule has 0 aliphatic heterocycles. The molecule has 0 spiro atoms. The minimum atomic E-state index is -0.924. The van der Waals surface area contributed by atoms with Gasteiger partial charge in [-0.25, -0.2) is 4.79 Å². The standard InChI is InChI=1S/C9H10O3/c1-9-4-2-3-5(8(11)12)6(9)7(9)10/h2-4,6-7,10H,1H3,(H,11,12). The van der Waals surface area contributed by atoms with E-state index in [-0.39, 0.29) is 11.3 Å². The molecule has 0 saturated heterocycles. The molecule has 2 aliphatic rings. The zero-order valence-corrected chi connectivity index (χ0v) is 6.69. The first-order valence-electron chi connectivity index (χ1n) is 3.88. The molecule has 0 aromatic heterocycles. The maximum absolute atomic E-state index is 10.7. The van der Waals surface area contributed by atoms with Crippen LogP contribution >= 0.6 is 0 Å². The van der Waals surface area contributed by atoms with Crippen LogP contribution in [0.25, 0.3) is 0 Å². The zero-order valence-electron chi connectivity index (χ0n) is 6.69. The number of aliphatic hydroxyl groups is 1. The summed E-state index contributed by atoms with van der Waals surface area (Å²) in [6.45, 7) is 1.87. The zero-order chi connectivity index (χ0) is 8.93. The smallest absolute Gasteiger partial charge is 0.331 e. The van der Waals surface area contributed by atoms with Crippen molar-refractivity contribution < 1.29 is 15.0 Å². The van der Waals surface area contributed by atoms with Gasteiger partial charge in [0.2, 0.25) is 0 Å². The van der Waals surface area contributed by atoms with Crippen molar-refractivity contribution in [3.63, 3.8) is 0 Å². The van der Waals surface area contributed by atoms with Crippen molar-refractivity contribution in [3.05, 3.63) is 23.8 Å². The summed E-state index contributed by atoms with van der Waals surface area (Å²) in [4.78, 5) is 10.7. The third kappa shape index (κ3) is 0.716. The predicted octanol–water partition coefficient (Wildman–Crippen LogP) is 0.564. The highest BCUT2D eigenvalue weighted by molar-refractivity contribution is 5.89. The Kier molecular flexibility index (Phi) is 1.25. The van der Waals surface area contributed by atoms with E-state index in [1.54, 1.807) is 12.2 Å². The minimum Gasteiger partial charge on any atom is -0.478 e. The highest BCUT2D eigenvalue weighted by Gasteiger charge is 2.62. The Morgan fingerprint density at radius 1 is 1.67 bits per heavy atom. The number of fused-ring (bicyclic) bond motifs is 1. The second kappa shape index (κ2) is 1.98. The van der Waals surface area contributed by atoms with Crippen LogP contribution in [0.3, 0.4) is 0 Å². The van der Waals surface area contributed by atoms with Gasteiger partial charge in [0.25, 0.3) is 0 Å². The highest BCUT2D eigenvalue weighted by atomic mass is 16.4. The molecule has 0 amide bonds. The highest BCUT2D eigenvalue weighted by Crippen LogP contribution is 2.58. The lowest BCUT2D eigenvalue weighted by Crippen LogP contribution is -2.08. The SMILES string of the molecule is CC12C=CC=C(C(=O)O)C1C2O. The Balaban J connectivity index is 2.35. The molecule has 0 aromatic carbocycles. The molecule has 3 heteroatoms. The minimum absolute atomic E-state index is 0.194. The van der Waals surface area contributed by atoms with Crippen molar-refractivity contribution in [3.8, 4) is 0 Å². The average Bonchev–Trinajstić information content (AvgIpc) is 2.54. The number of carbonyl (C=O) groups is 1. The molecule has 0 aromatic rings. The van der Waals surface area contributed by atoms with Crippen LogP contribution in [0, 0.1) is 11.3 Å². The monoisotopic (exact) mass is 166 g/mol. The van der Waals surface area contributed by atoms with Crippen molar-refractivity contribution >= 4 is 5.97 Å². The molecule has 0 heterocycles. The van der Waals surface area contributed by atoms with Crippen molar-refractivity contribution in [1.29, 1.82) is 0 Å². The first kappa shape index (κ1) is 7.55. The Morgan fingerprint density at radius 2 is 2.33 bits per heavy atom. The molecule has 12 heavy (non-hydrogen) atoms. The molecule has 1 fully saturated rings. The van der Waals surface area contributed by atoms with Gasteiger partial charge in [-0.15, -0.1) is 0 Å². The van der Waals surface area contributed by atoms with Crippen LogP contribution in [0.4, 0.5) is 0 Å². The normalized spacial score (nSPS) is 43.3. The van der Waals surface area contributed by atoms with E-state index in [9.17, 15) is 9.90 Å². The first-order chi connectivity index (χ1) is 5.57. The lowest BCUT2D eigenvalue weighted by Gasteiger charge is -2.07. The molecule has 2 aliphatic carbocycles. The molecular weight excluding hydrogens is 156 g/mol. The number of carboxylic acids is 1. The molecule has 3 nitrogen and oxygen atoms in total. The number of hydrogen-bond acceptors (Lipinski definition) is 2. The lowest BCUT2D eigenvalue weighted by molar-refractivity contribution is -0.133. The summed E-state index contributed by atoms with van der Waals surface area (Å²) in [5.41, 5.74) is 0.00940. The van der Waals surface area contributed by atoms with E-state index in [2.05, 4.69) is 0 Å². The fraction of sp³-hybridized carbons (Fsp3) is 0.444. The van der Waals surface area contributed by atoms with Gasteiger partial charge in [0, 0.05) is 16.9 Å². The average molecular weight is 166 g/mol. The Bertz CT molecular complexity index is 303. The summed E-state index contributed by atoms with van der Waals surface area (Å²) in [6, 6.07) is 0. The summed E-state index contributed by atoms with van der Waals surface area (Å²) < 4.78 is 0. The van der Waals surface area contributed by atoms with Crippen LogP contribution in [-0.4, -0.2) is 22.3 Å². The molecule has 3 atom stereocenters. The summed E-state index contributed by atoms with van der Waals surface area (Å²) in [7, 11) is 0. The van der Waals surface area contributed by atoms with Gasteiger partial charge in [-0.1, -0.05) is 25.2 Å². The van der Waals surface area contributed by atoms with Gasteiger partial charge < -0.3 is 10.2 Å². The summed E-state index contributed by atoms with van der Waals surface area (Å²) >= 11 is 0. The first-order valence-corrected chi connectivity index (χ1v) is 3.88. The largest absolute Gasteiger partial charge is 0.478 e. The van der Waals surface area contributed by atoms with E-state index >= 15 is 0 Å². The fourth-order valence-corrected chi connectivity index (χ4v) is 1.88.